The van der Waals surface area contributed by atoms with Crippen molar-refractivity contribution in [1.29, 1.82) is 0 Å². The van der Waals surface area contributed by atoms with Gasteiger partial charge >= 0.3 is 5.97 Å². The molecular weight excluding hydrogens is 258 g/mol. The van der Waals surface area contributed by atoms with E-state index in [1.54, 1.807) is 17.8 Å². The van der Waals surface area contributed by atoms with Crippen LogP contribution in [0, 0.1) is 0 Å². The van der Waals surface area contributed by atoms with E-state index >= 15 is 0 Å². The van der Waals surface area contributed by atoms with Crippen LogP contribution in [0.15, 0.2) is 52.3 Å². The van der Waals surface area contributed by atoms with Gasteiger partial charge in [-0.2, -0.15) is 0 Å². The van der Waals surface area contributed by atoms with Crippen molar-refractivity contribution in [2.75, 3.05) is 11.9 Å². The SMILES string of the molecule is CCOC(=O)c1cccc2c1Sc1ccccc1N2. The van der Waals surface area contributed by atoms with Gasteiger partial charge in [0, 0.05) is 4.90 Å². The van der Waals surface area contributed by atoms with E-state index in [2.05, 4.69) is 5.32 Å². The van der Waals surface area contributed by atoms with E-state index in [-0.39, 0.29) is 5.97 Å². The number of carbonyl (C=O) groups is 1. The van der Waals surface area contributed by atoms with Crippen molar-refractivity contribution in [3.63, 3.8) is 0 Å². The summed E-state index contributed by atoms with van der Waals surface area (Å²) in [4.78, 5) is 14.0. The molecule has 0 aromatic heterocycles. The maximum Gasteiger partial charge on any atom is 0.339 e. The van der Waals surface area contributed by atoms with Crippen LogP contribution in [0.3, 0.4) is 0 Å². The highest BCUT2D eigenvalue weighted by Gasteiger charge is 2.21. The predicted molar refractivity (Wildman–Crippen MR) is 76.2 cm³/mol. The number of para-hydroxylation sites is 1. The van der Waals surface area contributed by atoms with Gasteiger partial charge in [0.2, 0.25) is 0 Å². The molecule has 2 aromatic carbocycles. The number of benzene rings is 2. The fraction of sp³-hybridized carbons (Fsp3) is 0.133. The molecular formula is C15H13NO2S. The Labute approximate surface area is 116 Å². The molecule has 0 saturated heterocycles. The number of hydrogen-bond acceptors (Lipinski definition) is 4. The zero-order valence-electron chi connectivity index (χ0n) is 10.5. The maximum absolute atomic E-state index is 12.0. The van der Waals surface area contributed by atoms with Gasteiger partial charge in [-0.25, -0.2) is 4.79 Å². The summed E-state index contributed by atoms with van der Waals surface area (Å²) in [6.45, 7) is 2.20. The van der Waals surface area contributed by atoms with Crippen LogP contribution in [0.1, 0.15) is 17.3 Å². The van der Waals surface area contributed by atoms with Gasteiger partial charge in [-0.05, 0) is 31.2 Å². The highest BCUT2D eigenvalue weighted by Crippen LogP contribution is 2.45. The quantitative estimate of drug-likeness (QED) is 0.713. The first kappa shape index (κ1) is 12.1. The number of carbonyl (C=O) groups excluding carboxylic acids is 1. The van der Waals surface area contributed by atoms with Gasteiger partial charge in [0.05, 0.1) is 28.4 Å². The smallest absolute Gasteiger partial charge is 0.339 e. The van der Waals surface area contributed by atoms with Gasteiger partial charge in [0.15, 0.2) is 0 Å². The first-order chi connectivity index (χ1) is 9.29. The lowest BCUT2D eigenvalue weighted by molar-refractivity contribution is 0.0522. The van der Waals surface area contributed by atoms with Crippen LogP contribution in [0.25, 0.3) is 0 Å². The summed E-state index contributed by atoms with van der Waals surface area (Å²) in [6.07, 6.45) is 0. The molecule has 3 rings (SSSR count). The Balaban J connectivity index is 2.03. The Kier molecular flexibility index (Phi) is 3.17. The molecule has 0 unspecified atom stereocenters. The van der Waals surface area contributed by atoms with Crippen molar-refractivity contribution in [3.8, 4) is 0 Å². The van der Waals surface area contributed by atoms with Crippen LogP contribution in [-0.4, -0.2) is 12.6 Å². The highest BCUT2D eigenvalue weighted by atomic mass is 32.2. The highest BCUT2D eigenvalue weighted by molar-refractivity contribution is 7.99. The summed E-state index contributed by atoms with van der Waals surface area (Å²) < 4.78 is 5.10. The molecule has 1 N–H and O–H groups in total. The van der Waals surface area contributed by atoms with Crippen LogP contribution in [-0.2, 0) is 4.74 Å². The monoisotopic (exact) mass is 271 g/mol. The molecule has 0 atom stereocenters. The van der Waals surface area contributed by atoms with Crippen molar-refractivity contribution in [3.05, 3.63) is 48.0 Å². The summed E-state index contributed by atoms with van der Waals surface area (Å²) in [7, 11) is 0. The molecule has 1 heterocycles. The molecule has 0 amide bonds. The Morgan fingerprint density at radius 3 is 2.79 bits per heavy atom. The first-order valence-corrected chi connectivity index (χ1v) is 6.95. The number of rotatable bonds is 2. The van der Waals surface area contributed by atoms with Gasteiger partial charge in [-0.3, -0.25) is 0 Å². The van der Waals surface area contributed by atoms with Crippen LogP contribution in [0.5, 0.6) is 0 Å². The molecule has 1 aliphatic rings. The van der Waals surface area contributed by atoms with Crippen molar-refractivity contribution in [2.24, 2.45) is 0 Å². The number of nitrogens with one attached hydrogen (secondary N) is 1. The van der Waals surface area contributed by atoms with Crippen molar-refractivity contribution in [2.45, 2.75) is 16.7 Å². The molecule has 0 bridgehead atoms. The fourth-order valence-corrected chi connectivity index (χ4v) is 3.11. The summed E-state index contributed by atoms with van der Waals surface area (Å²) in [5, 5.41) is 3.35. The van der Waals surface area contributed by atoms with Gasteiger partial charge in [0.1, 0.15) is 0 Å². The first-order valence-electron chi connectivity index (χ1n) is 6.13. The number of fused-ring (bicyclic) bond motifs is 2. The van der Waals surface area contributed by atoms with Gasteiger partial charge < -0.3 is 10.1 Å². The molecule has 1 aliphatic heterocycles. The lowest BCUT2D eigenvalue weighted by Gasteiger charge is -2.22. The standard InChI is InChI=1S/C15H13NO2S/c1-2-18-15(17)10-6-5-8-12-14(10)19-13-9-4-3-7-11(13)16-12/h3-9,16H,2H2,1H3. The molecule has 0 saturated carbocycles. The summed E-state index contributed by atoms with van der Waals surface area (Å²) >= 11 is 1.60. The fourth-order valence-electron chi connectivity index (χ4n) is 2.03. The number of ether oxygens (including phenoxy) is 1. The number of hydrogen-bond donors (Lipinski definition) is 1. The molecule has 0 radical (unpaired) electrons. The van der Waals surface area contributed by atoms with Gasteiger partial charge in [-0.15, -0.1) is 0 Å². The van der Waals surface area contributed by atoms with E-state index in [0.29, 0.717) is 12.2 Å². The second-order valence-corrected chi connectivity index (χ2v) is 5.18. The Bertz CT molecular complexity index is 640. The molecule has 19 heavy (non-hydrogen) atoms. The van der Waals surface area contributed by atoms with E-state index in [9.17, 15) is 4.79 Å². The summed E-state index contributed by atoms with van der Waals surface area (Å²) in [5.41, 5.74) is 2.64. The third-order valence-electron chi connectivity index (χ3n) is 2.88. The van der Waals surface area contributed by atoms with E-state index in [0.717, 1.165) is 21.2 Å². The van der Waals surface area contributed by atoms with E-state index in [4.69, 9.17) is 4.74 Å². The Hall–Kier alpha value is -1.94. The minimum Gasteiger partial charge on any atom is -0.462 e. The second-order valence-electron chi connectivity index (χ2n) is 4.13. The van der Waals surface area contributed by atoms with Gasteiger partial charge in [0.25, 0.3) is 0 Å². The summed E-state index contributed by atoms with van der Waals surface area (Å²) in [6, 6.07) is 13.7. The average molecular weight is 271 g/mol. The Morgan fingerprint density at radius 2 is 1.95 bits per heavy atom. The lowest BCUT2D eigenvalue weighted by Crippen LogP contribution is -2.09. The summed E-state index contributed by atoms with van der Waals surface area (Å²) in [5.74, 6) is -0.270. The van der Waals surface area contributed by atoms with Crippen molar-refractivity contribution >= 4 is 29.1 Å². The third-order valence-corrected chi connectivity index (χ3v) is 4.10. The van der Waals surface area contributed by atoms with Crippen LogP contribution >= 0.6 is 11.8 Å². The largest absolute Gasteiger partial charge is 0.462 e. The number of esters is 1. The van der Waals surface area contributed by atoms with Gasteiger partial charge in [-0.1, -0.05) is 30.0 Å². The molecule has 0 aliphatic carbocycles. The molecule has 0 spiro atoms. The molecule has 0 fully saturated rings. The molecule has 96 valence electrons. The van der Waals surface area contributed by atoms with Crippen LogP contribution in [0.4, 0.5) is 11.4 Å². The van der Waals surface area contributed by atoms with Crippen molar-refractivity contribution < 1.29 is 9.53 Å². The minimum absolute atomic E-state index is 0.270. The zero-order valence-corrected chi connectivity index (χ0v) is 11.3. The Morgan fingerprint density at radius 1 is 1.16 bits per heavy atom. The topological polar surface area (TPSA) is 38.3 Å². The predicted octanol–water partition coefficient (Wildman–Crippen LogP) is 4.07. The van der Waals surface area contributed by atoms with Crippen LogP contribution in [0.2, 0.25) is 0 Å². The van der Waals surface area contributed by atoms with E-state index in [1.165, 1.54) is 0 Å². The number of anilines is 2. The van der Waals surface area contributed by atoms with Crippen molar-refractivity contribution in [1.82, 2.24) is 0 Å². The molecule has 4 heteroatoms. The average Bonchev–Trinajstić information content (AvgIpc) is 2.44. The molecule has 2 aromatic rings. The third kappa shape index (κ3) is 2.19. The van der Waals surface area contributed by atoms with E-state index < -0.39 is 0 Å². The normalized spacial score (nSPS) is 12.1. The second kappa shape index (κ2) is 4.97. The zero-order chi connectivity index (χ0) is 13.2. The minimum atomic E-state index is -0.270. The maximum atomic E-state index is 12.0. The molecule has 3 nitrogen and oxygen atoms in total. The van der Waals surface area contributed by atoms with Crippen LogP contribution < -0.4 is 5.32 Å². The van der Waals surface area contributed by atoms with E-state index in [1.807, 2.05) is 43.3 Å². The lowest BCUT2D eigenvalue weighted by atomic mass is 10.2.